The third kappa shape index (κ3) is 3.85. The molecule has 0 saturated carbocycles. The van der Waals surface area contributed by atoms with E-state index in [1.54, 1.807) is 25.3 Å². The number of ether oxygens (including phenoxy) is 1. The summed E-state index contributed by atoms with van der Waals surface area (Å²) in [4.78, 5) is 8.43. The Kier molecular flexibility index (Phi) is 5.20. The molecule has 0 spiro atoms. The second kappa shape index (κ2) is 7.72. The molecule has 130 valence electrons. The number of aryl methyl sites for hydroxylation is 1. The lowest BCUT2D eigenvalue weighted by Crippen LogP contribution is -2.01. The third-order valence-electron chi connectivity index (χ3n) is 3.72. The Morgan fingerprint density at radius 1 is 1.04 bits per heavy atom. The van der Waals surface area contributed by atoms with Gasteiger partial charge in [0.2, 0.25) is 0 Å². The van der Waals surface area contributed by atoms with Crippen molar-refractivity contribution in [2.75, 3.05) is 17.7 Å². The van der Waals surface area contributed by atoms with Crippen LogP contribution in [0.25, 0.3) is 0 Å². The van der Waals surface area contributed by atoms with Crippen molar-refractivity contribution in [3.05, 3.63) is 64.9 Å². The first-order chi connectivity index (χ1) is 12.6. The predicted molar refractivity (Wildman–Crippen MR) is 102 cm³/mol. The molecule has 0 unspecified atom stereocenters. The highest BCUT2D eigenvalue weighted by atomic mass is 35.5. The van der Waals surface area contributed by atoms with Gasteiger partial charge in [0.15, 0.2) is 0 Å². The van der Waals surface area contributed by atoms with Crippen LogP contribution in [0.15, 0.2) is 48.8 Å². The molecule has 2 N–H and O–H groups in total. The summed E-state index contributed by atoms with van der Waals surface area (Å²) in [5, 5.41) is 16.2. The number of nitrogens with one attached hydrogen (secondary N) is 2. The highest BCUT2D eigenvalue weighted by Crippen LogP contribution is 2.33. The molecule has 0 aliphatic heterocycles. The molecule has 26 heavy (non-hydrogen) atoms. The summed E-state index contributed by atoms with van der Waals surface area (Å²) in [6.45, 7) is 1.92. The maximum absolute atomic E-state index is 9.19. The zero-order valence-corrected chi connectivity index (χ0v) is 15.0. The molecule has 0 amide bonds. The van der Waals surface area contributed by atoms with Crippen molar-refractivity contribution in [3.63, 3.8) is 0 Å². The van der Waals surface area contributed by atoms with Crippen molar-refractivity contribution in [3.8, 4) is 11.8 Å². The molecule has 2 aromatic carbocycles. The summed E-state index contributed by atoms with van der Waals surface area (Å²) >= 11 is 6.14. The number of para-hydroxylation sites is 1. The first-order valence-electron chi connectivity index (χ1n) is 7.80. The lowest BCUT2D eigenvalue weighted by atomic mass is 10.2. The monoisotopic (exact) mass is 365 g/mol. The summed E-state index contributed by atoms with van der Waals surface area (Å²) in [5.41, 5.74) is 2.89. The van der Waals surface area contributed by atoms with Gasteiger partial charge in [-0.2, -0.15) is 5.26 Å². The van der Waals surface area contributed by atoms with Gasteiger partial charge in [0, 0.05) is 17.2 Å². The quantitative estimate of drug-likeness (QED) is 0.675. The van der Waals surface area contributed by atoms with Gasteiger partial charge in [-0.25, -0.2) is 9.97 Å². The SMILES string of the molecule is COc1cc(Cl)c(C)cc1Nc1cc(Nc2ccccc2C#N)ncn1. The molecule has 6 nitrogen and oxygen atoms in total. The lowest BCUT2D eigenvalue weighted by molar-refractivity contribution is 0.416. The molecule has 7 heteroatoms. The summed E-state index contributed by atoms with van der Waals surface area (Å²) in [6, 6.07) is 14.8. The molecular formula is C19H16ClN5O. The van der Waals surface area contributed by atoms with Crippen LogP contribution in [0.4, 0.5) is 23.0 Å². The smallest absolute Gasteiger partial charge is 0.143 e. The van der Waals surface area contributed by atoms with Crippen molar-refractivity contribution in [2.24, 2.45) is 0 Å². The first-order valence-corrected chi connectivity index (χ1v) is 8.18. The number of anilines is 4. The topological polar surface area (TPSA) is 82.9 Å². The van der Waals surface area contributed by atoms with Gasteiger partial charge in [0.1, 0.15) is 29.8 Å². The van der Waals surface area contributed by atoms with Crippen LogP contribution in [-0.4, -0.2) is 17.1 Å². The van der Waals surface area contributed by atoms with Crippen LogP contribution in [0.5, 0.6) is 5.75 Å². The van der Waals surface area contributed by atoms with Crippen molar-refractivity contribution < 1.29 is 4.74 Å². The lowest BCUT2D eigenvalue weighted by Gasteiger charge is -2.13. The predicted octanol–water partition coefficient (Wildman–Crippen LogP) is 4.81. The molecule has 0 bridgehead atoms. The van der Waals surface area contributed by atoms with E-state index in [4.69, 9.17) is 16.3 Å². The number of nitrogens with zero attached hydrogens (tertiary/aromatic N) is 3. The van der Waals surface area contributed by atoms with Crippen LogP contribution in [0.1, 0.15) is 11.1 Å². The van der Waals surface area contributed by atoms with Crippen LogP contribution in [-0.2, 0) is 0 Å². The average Bonchev–Trinajstić information content (AvgIpc) is 2.65. The van der Waals surface area contributed by atoms with Crippen LogP contribution in [0.2, 0.25) is 5.02 Å². The minimum absolute atomic E-state index is 0.538. The average molecular weight is 366 g/mol. The minimum Gasteiger partial charge on any atom is -0.495 e. The summed E-state index contributed by atoms with van der Waals surface area (Å²) in [7, 11) is 1.58. The number of hydrogen-bond donors (Lipinski definition) is 2. The van der Waals surface area contributed by atoms with Gasteiger partial charge in [-0.15, -0.1) is 0 Å². The molecule has 0 aliphatic rings. The number of hydrogen-bond acceptors (Lipinski definition) is 6. The molecule has 1 aromatic heterocycles. The standard InChI is InChI=1S/C19H16ClN5O/c1-12-7-16(17(26-2)8-14(12)20)25-19-9-18(22-11-23-19)24-15-6-4-3-5-13(15)10-21/h3-9,11H,1-2H3,(H2,22,23,24,25). The summed E-state index contributed by atoms with van der Waals surface area (Å²) in [5.74, 6) is 1.76. The van der Waals surface area contributed by atoms with Gasteiger partial charge < -0.3 is 15.4 Å². The molecule has 3 aromatic rings. The first kappa shape index (κ1) is 17.5. The van der Waals surface area contributed by atoms with E-state index in [0.29, 0.717) is 33.7 Å². The van der Waals surface area contributed by atoms with Gasteiger partial charge in [-0.05, 0) is 30.7 Å². The molecule has 1 heterocycles. The fraction of sp³-hybridized carbons (Fsp3) is 0.105. The molecule has 0 aliphatic carbocycles. The Labute approximate surface area is 156 Å². The highest BCUT2D eigenvalue weighted by Gasteiger charge is 2.09. The van der Waals surface area contributed by atoms with Gasteiger partial charge in [0.05, 0.1) is 24.0 Å². The molecular weight excluding hydrogens is 350 g/mol. The molecule has 3 rings (SSSR count). The number of benzene rings is 2. The highest BCUT2D eigenvalue weighted by molar-refractivity contribution is 6.31. The zero-order chi connectivity index (χ0) is 18.5. The molecule has 0 fully saturated rings. The minimum atomic E-state index is 0.538. The Hall–Kier alpha value is -3.30. The second-order valence-corrected chi connectivity index (χ2v) is 5.90. The number of aromatic nitrogens is 2. The number of nitriles is 1. The Balaban J connectivity index is 1.87. The van der Waals surface area contributed by atoms with Gasteiger partial charge >= 0.3 is 0 Å². The molecule has 0 radical (unpaired) electrons. The maximum atomic E-state index is 9.19. The van der Waals surface area contributed by atoms with E-state index >= 15 is 0 Å². The maximum Gasteiger partial charge on any atom is 0.143 e. The van der Waals surface area contributed by atoms with E-state index in [2.05, 4.69) is 26.7 Å². The fourth-order valence-corrected chi connectivity index (χ4v) is 2.54. The van der Waals surface area contributed by atoms with E-state index in [9.17, 15) is 5.26 Å². The van der Waals surface area contributed by atoms with Crippen LogP contribution >= 0.6 is 11.6 Å². The van der Waals surface area contributed by atoms with Crippen molar-refractivity contribution in [2.45, 2.75) is 6.92 Å². The van der Waals surface area contributed by atoms with E-state index in [1.807, 2.05) is 31.2 Å². The number of methoxy groups -OCH3 is 1. The van der Waals surface area contributed by atoms with E-state index in [-0.39, 0.29) is 0 Å². The number of halogens is 1. The van der Waals surface area contributed by atoms with E-state index in [1.165, 1.54) is 6.33 Å². The fourth-order valence-electron chi connectivity index (χ4n) is 2.39. The normalized spacial score (nSPS) is 10.1. The zero-order valence-electron chi connectivity index (χ0n) is 14.2. The van der Waals surface area contributed by atoms with Crippen LogP contribution in [0.3, 0.4) is 0 Å². The summed E-state index contributed by atoms with van der Waals surface area (Å²) in [6.07, 6.45) is 1.44. The van der Waals surface area contributed by atoms with E-state index < -0.39 is 0 Å². The van der Waals surface area contributed by atoms with Gasteiger partial charge in [-0.3, -0.25) is 0 Å². The van der Waals surface area contributed by atoms with Gasteiger partial charge in [0.25, 0.3) is 0 Å². The van der Waals surface area contributed by atoms with Crippen molar-refractivity contribution in [1.82, 2.24) is 9.97 Å². The Morgan fingerprint density at radius 3 is 2.42 bits per heavy atom. The number of rotatable bonds is 5. The summed E-state index contributed by atoms with van der Waals surface area (Å²) < 4.78 is 5.37. The third-order valence-corrected chi connectivity index (χ3v) is 4.13. The van der Waals surface area contributed by atoms with E-state index in [0.717, 1.165) is 11.3 Å². The molecule has 0 atom stereocenters. The van der Waals surface area contributed by atoms with Crippen molar-refractivity contribution >= 4 is 34.6 Å². The van der Waals surface area contributed by atoms with Crippen molar-refractivity contribution in [1.29, 1.82) is 5.26 Å². The van der Waals surface area contributed by atoms with Gasteiger partial charge in [-0.1, -0.05) is 23.7 Å². The second-order valence-electron chi connectivity index (χ2n) is 5.50. The Bertz CT molecular complexity index is 984. The molecule has 0 saturated heterocycles. The van der Waals surface area contributed by atoms with Crippen LogP contribution in [0, 0.1) is 18.3 Å². The largest absolute Gasteiger partial charge is 0.495 e. The Morgan fingerprint density at radius 2 is 1.73 bits per heavy atom. The van der Waals surface area contributed by atoms with Crippen LogP contribution < -0.4 is 15.4 Å².